The fourth-order valence-corrected chi connectivity index (χ4v) is 4.14. The summed E-state index contributed by atoms with van der Waals surface area (Å²) >= 11 is 0. The molecule has 30 heavy (non-hydrogen) atoms. The van der Waals surface area contributed by atoms with Crippen molar-refractivity contribution in [3.63, 3.8) is 0 Å². The quantitative estimate of drug-likeness (QED) is 0.687. The first-order chi connectivity index (χ1) is 14.1. The van der Waals surface area contributed by atoms with Gasteiger partial charge in [0.05, 0.1) is 5.56 Å². The molecule has 6 nitrogen and oxygen atoms in total. The lowest BCUT2D eigenvalue weighted by Gasteiger charge is -2.34. The van der Waals surface area contributed by atoms with Crippen LogP contribution in [0.25, 0.3) is 0 Å². The number of imide groups is 1. The number of alkyl halides is 3. The van der Waals surface area contributed by atoms with E-state index in [0.29, 0.717) is 30.7 Å². The lowest BCUT2D eigenvalue weighted by molar-refractivity contribution is -0.137. The molecule has 0 aromatic heterocycles. The summed E-state index contributed by atoms with van der Waals surface area (Å²) in [7, 11) is 0. The van der Waals surface area contributed by atoms with E-state index in [-0.39, 0.29) is 19.0 Å². The van der Waals surface area contributed by atoms with E-state index in [1.165, 1.54) is 12.1 Å². The van der Waals surface area contributed by atoms with E-state index >= 15 is 0 Å². The molecule has 0 radical (unpaired) electrons. The monoisotopic (exact) mass is 425 g/mol. The summed E-state index contributed by atoms with van der Waals surface area (Å²) < 4.78 is 37.7. The Labute approximate surface area is 173 Å². The molecule has 164 valence electrons. The Hall–Kier alpha value is -2.58. The van der Waals surface area contributed by atoms with Crippen LogP contribution < -0.4 is 10.6 Å². The van der Waals surface area contributed by atoms with Gasteiger partial charge in [-0.15, -0.1) is 0 Å². The Morgan fingerprint density at radius 3 is 2.40 bits per heavy atom. The number of hydrogen-bond acceptors (Lipinski definition) is 3. The standard InChI is InChI=1S/C21H26F3N3O3/c1-2-14-7-10-20(11-8-14)18(29)27(19(30)26-20)13-17(28)25-12-9-15-3-5-16(6-4-15)21(22,23)24/h3-6,14H,2,7-13H2,1H3,(H,25,28)(H,26,30). The number of carbonyl (C=O) groups excluding carboxylic acids is 3. The molecule has 1 aliphatic carbocycles. The molecule has 9 heteroatoms. The third-order valence-corrected chi connectivity index (χ3v) is 6.10. The molecule has 4 amide bonds. The van der Waals surface area contributed by atoms with Crippen LogP contribution >= 0.6 is 0 Å². The van der Waals surface area contributed by atoms with Crippen LogP contribution in [0.4, 0.5) is 18.0 Å². The molecule has 0 bridgehead atoms. The van der Waals surface area contributed by atoms with Crippen LogP contribution in [0.15, 0.2) is 24.3 Å². The van der Waals surface area contributed by atoms with Crippen molar-refractivity contribution in [1.29, 1.82) is 0 Å². The van der Waals surface area contributed by atoms with Gasteiger partial charge < -0.3 is 10.6 Å². The van der Waals surface area contributed by atoms with E-state index in [1.807, 2.05) is 0 Å². The number of hydrogen-bond donors (Lipinski definition) is 2. The fourth-order valence-electron chi connectivity index (χ4n) is 4.14. The van der Waals surface area contributed by atoms with E-state index in [9.17, 15) is 27.6 Å². The van der Waals surface area contributed by atoms with E-state index in [1.54, 1.807) is 0 Å². The molecule has 1 spiro atoms. The zero-order valence-corrected chi connectivity index (χ0v) is 16.8. The minimum atomic E-state index is -4.39. The van der Waals surface area contributed by atoms with Gasteiger partial charge in [0, 0.05) is 6.54 Å². The van der Waals surface area contributed by atoms with Crippen molar-refractivity contribution in [2.75, 3.05) is 13.1 Å². The minimum absolute atomic E-state index is 0.192. The molecule has 1 heterocycles. The van der Waals surface area contributed by atoms with Gasteiger partial charge in [-0.3, -0.25) is 14.5 Å². The number of nitrogens with zero attached hydrogens (tertiary/aromatic N) is 1. The molecule has 1 saturated carbocycles. The maximum Gasteiger partial charge on any atom is 0.416 e. The van der Waals surface area contributed by atoms with Crippen molar-refractivity contribution in [3.05, 3.63) is 35.4 Å². The van der Waals surface area contributed by atoms with Gasteiger partial charge in [0.2, 0.25) is 5.91 Å². The Bertz CT molecular complexity index is 800. The molecule has 1 aromatic carbocycles. The third-order valence-electron chi connectivity index (χ3n) is 6.10. The van der Waals surface area contributed by atoms with E-state index in [4.69, 9.17) is 0 Å². The third kappa shape index (κ3) is 4.76. The van der Waals surface area contributed by atoms with Gasteiger partial charge in [0.1, 0.15) is 12.1 Å². The predicted octanol–water partition coefficient (Wildman–Crippen LogP) is 3.25. The molecular formula is C21H26F3N3O3. The Kier molecular flexibility index (Phi) is 6.38. The van der Waals surface area contributed by atoms with Gasteiger partial charge >= 0.3 is 12.2 Å². The summed E-state index contributed by atoms with van der Waals surface area (Å²) in [6.45, 7) is 1.94. The molecule has 1 saturated heterocycles. The average Bonchev–Trinajstić information content (AvgIpc) is 2.92. The Balaban J connectivity index is 1.48. The SMILES string of the molecule is CCC1CCC2(CC1)NC(=O)N(CC(=O)NCCc1ccc(C(F)(F)F)cc1)C2=O. The lowest BCUT2D eigenvalue weighted by atomic mass is 9.75. The highest BCUT2D eigenvalue weighted by Crippen LogP contribution is 2.37. The summed E-state index contributed by atoms with van der Waals surface area (Å²) in [5.74, 6) is -0.271. The van der Waals surface area contributed by atoms with E-state index < -0.39 is 29.2 Å². The number of amides is 4. The van der Waals surface area contributed by atoms with Crippen molar-refractivity contribution in [2.24, 2.45) is 5.92 Å². The number of rotatable bonds is 6. The number of urea groups is 1. The number of halogens is 3. The van der Waals surface area contributed by atoms with Gasteiger partial charge in [-0.1, -0.05) is 25.5 Å². The topological polar surface area (TPSA) is 78.5 Å². The Morgan fingerprint density at radius 1 is 1.20 bits per heavy atom. The van der Waals surface area contributed by atoms with Crippen LogP contribution in [0, 0.1) is 5.92 Å². The van der Waals surface area contributed by atoms with Crippen molar-refractivity contribution in [1.82, 2.24) is 15.5 Å². The second-order valence-electron chi connectivity index (χ2n) is 8.05. The van der Waals surface area contributed by atoms with Gasteiger partial charge in [0.25, 0.3) is 5.91 Å². The van der Waals surface area contributed by atoms with Crippen LogP contribution in [0.1, 0.15) is 50.2 Å². The summed E-state index contributed by atoms with van der Waals surface area (Å²) in [6.07, 6.45) is -0.0893. The molecular weight excluding hydrogens is 399 g/mol. The number of nitrogens with one attached hydrogen (secondary N) is 2. The maximum atomic E-state index is 12.8. The zero-order chi connectivity index (χ0) is 21.9. The van der Waals surface area contributed by atoms with Gasteiger partial charge in [-0.05, 0) is 55.7 Å². The van der Waals surface area contributed by atoms with Crippen LogP contribution in [0.2, 0.25) is 0 Å². The van der Waals surface area contributed by atoms with Crippen LogP contribution in [-0.2, 0) is 22.2 Å². The van der Waals surface area contributed by atoms with Gasteiger partial charge in [-0.2, -0.15) is 13.2 Å². The van der Waals surface area contributed by atoms with Crippen LogP contribution in [-0.4, -0.2) is 41.4 Å². The first-order valence-corrected chi connectivity index (χ1v) is 10.2. The summed E-state index contributed by atoms with van der Waals surface area (Å²) in [5, 5.41) is 5.40. The van der Waals surface area contributed by atoms with E-state index in [2.05, 4.69) is 17.6 Å². The molecule has 0 unspecified atom stereocenters. The molecule has 0 atom stereocenters. The van der Waals surface area contributed by atoms with Crippen molar-refractivity contribution in [2.45, 2.75) is 57.2 Å². The van der Waals surface area contributed by atoms with E-state index in [0.717, 1.165) is 36.3 Å². The maximum absolute atomic E-state index is 12.8. The summed E-state index contributed by atoms with van der Waals surface area (Å²) in [4.78, 5) is 38.2. The first kappa shape index (κ1) is 22.1. The number of carbonyl (C=O) groups is 3. The minimum Gasteiger partial charge on any atom is -0.354 e. The average molecular weight is 425 g/mol. The summed E-state index contributed by atoms with van der Waals surface area (Å²) in [5.41, 5.74) is -0.968. The van der Waals surface area contributed by atoms with Crippen molar-refractivity contribution in [3.8, 4) is 0 Å². The Morgan fingerprint density at radius 2 is 1.83 bits per heavy atom. The number of benzene rings is 1. The first-order valence-electron chi connectivity index (χ1n) is 10.2. The second-order valence-corrected chi connectivity index (χ2v) is 8.05. The normalized spacial score (nSPS) is 24.3. The largest absolute Gasteiger partial charge is 0.416 e. The fraction of sp³-hybridized carbons (Fsp3) is 0.571. The molecule has 3 rings (SSSR count). The zero-order valence-electron chi connectivity index (χ0n) is 16.8. The highest BCUT2D eigenvalue weighted by Gasteiger charge is 2.52. The van der Waals surface area contributed by atoms with Gasteiger partial charge in [0.15, 0.2) is 0 Å². The highest BCUT2D eigenvalue weighted by atomic mass is 19.4. The summed E-state index contributed by atoms with van der Waals surface area (Å²) in [6, 6.07) is 4.17. The molecule has 1 aliphatic heterocycles. The molecule has 2 N–H and O–H groups in total. The lowest BCUT2D eigenvalue weighted by Crippen LogP contribution is -2.50. The smallest absolute Gasteiger partial charge is 0.354 e. The predicted molar refractivity (Wildman–Crippen MR) is 103 cm³/mol. The van der Waals surface area contributed by atoms with Crippen LogP contribution in [0.3, 0.4) is 0 Å². The van der Waals surface area contributed by atoms with Gasteiger partial charge in [-0.25, -0.2) is 4.79 Å². The van der Waals surface area contributed by atoms with Crippen molar-refractivity contribution >= 4 is 17.8 Å². The molecule has 2 fully saturated rings. The molecule has 2 aliphatic rings. The second kappa shape index (κ2) is 8.65. The van der Waals surface area contributed by atoms with Crippen molar-refractivity contribution < 1.29 is 27.6 Å². The van der Waals surface area contributed by atoms with Crippen LogP contribution in [0.5, 0.6) is 0 Å². The molecule has 1 aromatic rings. The highest BCUT2D eigenvalue weighted by molar-refractivity contribution is 6.09.